The van der Waals surface area contributed by atoms with Crippen molar-refractivity contribution >= 4 is 11.8 Å². The lowest BCUT2D eigenvalue weighted by Crippen LogP contribution is -2.06. The SMILES string of the molecule is Cn1c(SCc2c(F)c(F)c(F)c(F)c2F)nnc1-c1ccncc1. The highest BCUT2D eigenvalue weighted by atomic mass is 32.2. The maximum Gasteiger partial charge on any atom is 0.200 e. The first-order valence-corrected chi connectivity index (χ1v) is 7.83. The van der Waals surface area contributed by atoms with Gasteiger partial charge in [0.2, 0.25) is 5.82 Å². The van der Waals surface area contributed by atoms with Crippen LogP contribution in [0.25, 0.3) is 11.4 Å². The van der Waals surface area contributed by atoms with Gasteiger partial charge in [0.1, 0.15) is 0 Å². The van der Waals surface area contributed by atoms with E-state index in [2.05, 4.69) is 15.2 Å². The summed E-state index contributed by atoms with van der Waals surface area (Å²) in [7, 11) is 1.62. The lowest BCUT2D eigenvalue weighted by atomic mass is 10.2. The molecule has 3 aromatic rings. The molecule has 0 bridgehead atoms. The van der Waals surface area contributed by atoms with Crippen LogP contribution in [0.3, 0.4) is 0 Å². The van der Waals surface area contributed by atoms with Crippen LogP contribution in [0, 0.1) is 29.1 Å². The monoisotopic (exact) mass is 372 g/mol. The number of nitrogens with zero attached hydrogens (tertiary/aromatic N) is 4. The molecule has 2 aromatic heterocycles. The van der Waals surface area contributed by atoms with Crippen LogP contribution in [0.1, 0.15) is 5.56 Å². The van der Waals surface area contributed by atoms with Crippen molar-refractivity contribution in [1.29, 1.82) is 0 Å². The van der Waals surface area contributed by atoms with Crippen LogP contribution in [0.2, 0.25) is 0 Å². The molecule has 0 radical (unpaired) electrons. The van der Waals surface area contributed by atoms with Crippen molar-refractivity contribution in [2.45, 2.75) is 10.9 Å². The van der Waals surface area contributed by atoms with Crippen LogP contribution in [0.5, 0.6) is 0 Å². The van der Waals surface area contributed by atoms with Gasteiger partial charge in [-0.25, -0.2) is 22.0 Å². The predicted molar refractivity (Wildman–Crippen MR) is 80.0 cm³/mol. The second-order valence-corrected chi connectivity index (χ2v) is 5.88. The minimum atomic E-state index is -2.18. The summed E-state index contributed by atoms with van der Waals surface area (Å²) in [5, 5.41) is 8.10. The van der Waals surface area contributed by atoms with E-state index >= 15 is 0 Å². The fourth-order valence-corrected chi connectivity index (χ4v) is 3.01. The molecule has 0 aliphatic carbocycles. The van der Waals surface area contributed by atoms with Crippen LogP contribution in [0.4, 0.5) is 22.0 Å². The third kappa shape index (κ3) is 3.09. The molecule has 2 heterocycles. The van der Waals surface area contributed by atoms with Crippen molar-refractivity contribution in [3.8, 4) is 11.4 Å². The molecule has 1 aromatic carbocycles. The van der Waals surface area contributed by atoms with Gasteiger partial charge in [-0.05, 0) is 12.1 Å². The largest absolute Gasteiger partial charge is 0.305 e. The molecule has 130 valence electrons. The average molecular weight is 372 g/mol. The molecule has 0 amide bonds. The van der Waals surface area contributed by atoms with Gasteiger partial charge in [-0.2, -0.15) is 0 Å². The zero-order valence-electron chi connectivity index (χ0n) is 12.6. The fraction of sp³-hybridized carbons (Fsp3) is 0.133. The van der Waals surface area contributed by atoms with E-state index in [-0.39, 0.29) is 5.16 Å². The molecule has 0 aliphatic rings. The van der Waals surface area contributed by atoms with Gasteiger partial charge in [-0.3, -0.25) is 4.98 Å². The van der Waals surface area contributed by atoms with Gasteiger partial charge in [0, 0.05) is 36.3 Å². The number of pyridine rings is 1. The van der Waals surface area contributed by atoms with Crippen molar-refractivity contribution < 1.29 is 22.0 Å². The third-order valence-corrected chi connectivity index (χ3v) is 4.47. The number of hydrogen-bond donors (Lipinski definition) is 0. The van der Waals surface area contributed by atoms with E-state index in [1.54, 1.807) is 36.1 Å². The number of halogens is 5. The molecule has 3 rings (SSSR count). The second kappa shape index (κ2) is 6.79. The van der Waals surface area contributed by atoms with Crippen LogP contribution < -0.4 is 0 Å². The summed E-state index contributed by atoms with van der Waals surface area (Å²) < 4.78 is 68.4. The maximum atomic E-state index is 13.7. The fourth-order valence-electron chi connectivity index (χ4n) is 2.11. The summed E-state index contributed by atoms with van der Waals surface area (Å²) in [6.45, 7) is 0. The quantitative estimate of drug-likeness (QED) is 0.302. The Labute approximate surface area is 142 Å². The van der Waals surface area contributed by atoms with Gasteiger partial charge in [-0.15, -0.1) is 10.2 Å². The first-order chi connectivity index (χ1) is 11.9. The summed E-state index contributed by atoms with van der Waals surface area (Å²) >= 11 is 0.805. The number of benzene rings is 1. The molecular formula is C15H9F5N4S. The molecule has 0 atom stereocenters. The normalized spacial score (nSPS) is 11.1. The molecule has 0 fully saturated rings. The molecule has 0 saturated heterocycles. The zero-order valence-corrected chi connectivity index (χ0v) is 13.4. The number of thioether (sulfide) groups is 1. The maximum absolute atomic E-state index is 13.7. The van der Waals surface area contributed by atoms with Crippen molar-refractivity contribution in [3.05, 3.63) is 59.2 Å². The predicted octanol–water partition coefficient (Wildman–Crippen LogP) is 3.86. The first kappa shape index (κ1) is 17.3. The van der Waals surface area contributed by atoms with Gasteiger partial charge in [-0.1, -0.05) is 11.8 Å². The Morgan fingerprint density at radius 3 is 2.04 bits per heavy atom. The van der Waals surface area contributed by atoms with Gasteiger partial charge in [0.15, 0.2) is 34.2 Å². The Bertz CT molecular complexity index is 900. The summed E-state index contributed by atoms with van der Waals surface area (Å²) in [4.78, 5) is 3.88. The highest BCUT2D eigenvalue weighted by molar-refractivity contribution is 7.98. The Morgan fingerprint density at radius 1 is 0.880 bits per heavy atom. The number of rotatable bonds is 4. The van der Waals surface area contributed by atoms with Crippen molar-refractivity contribution in [2.24, 2.45) is 7.05 Å². The molecule has 25 heavy (non-hydrogen) atoms. The molecule has 0 spiro atoms. The summed E-state index contributed by atoms with van der Waals surface area (Å²) in [6.07, 6.45) is 3.12. The van der Waals surface area contributed by atoms with Gasteiger partial charge >= 0.3 is 0 Å². The summed E-state index contributed by atoms with van der Waals surface area (Å²) in [5.41, 5.74) is -0.192. The smallest absolute Gasteiger partial charge is 0.200 e. The summed E-state index contributed by atoms with van der Waals surface area (Å²) in [6, 6.07) is 3.39. The minimum absolute atomic E-state index is 0.260. The highest BCUT2D eigenvalue weighted by Gasteiger charge is 2.26. The number of hydrogen-bond acceptors (Lipinski definition) is 4. The van der Waals surface area contributed by atoms with Gasteiger partial charge in [0.25, 0.3) is 0 Å². The van der Waals surface area contributed by atoms with E-state index in [0.29, 0.717) is 11.4 Å². The van der Waals surface area contributed by atoms with Crippen LogP contribution >= 0.6 is 11.8 Å². The highest BCUT2D eigenvalue weighted by Crippen LogP contribution is 2.30. The molecule has 0 unspecified atom stereocenters. The van der Waals surface area contributed by atoms with Gasteiger partial charge in [0.05, 0.1) is 0 Å². The van der Waals surface area contributed by atoms with Crippen LogP contribution in [-0.2, 0) is 12.8 Å². The van der Waals surface area contributed by atoms with E-state index in [1.807, 2.05) is 0 Å². The Morgan fingerprint density at radius 2 is 1.44 bits per heavy atom. The van der Waals surface area contributed by atoms with E-state index in [4.69, 9.17) is 0 Å². The molecule has 0 aliphatic heterocycles. The Balaban J connectivity index is 1.88. The van der Waals surface area contributed by atoms with Crippen molar-refractivity contribution in [2.75, 3.05) is 0 Å². The standard InChI is InChI=1S/C15H9F5N4S/c1-24-14(7-2-4-21-5-3-7)22-23-15(24)25-6-8-9(16)11(18)13(20)12(19)10(8)17/h2-5H,6H2,1H3. The topological polar surface area (TPSA) is 43.6 Å². The molecule has 0 saturated carbocycles. The minimum Gasteiger partial charge on any atom is -0.305 e. The summed E-state index contributed by atoms with van der Waals surface area (Å²) in [5.74, 6) is -9.82. The van der Waals surface area contributed by atoms with Crippen molar-refractivity contribution in [3.63, 3.8) is 0 Å². The molecule has 0 N–H and O–H groups in total. The van der Waals surface area contributed by atoms with E-state index in [1.165, 1.54) is 0 Å². The van der Waals surface area contributed by atoms with Crippen LogP contribution in [-0.4, -0.2) is 19.7 Å². The Hall–Kier alpha value is -2.49. The Kier molecular flexibility index (Phi) is 4.71. The van der Waals surface area contributed by atoms with Gasteiger partial charge < -0.3 is 4.57 Å². The average Bonchev–Trinajstić information content (AvgIpc) is 3.00. The van der Waals surface area contributed by atoms with Crippen LogP contribution in [0.15, 0.2) is 29.7 Å². The molecular weight excluding hydrogens is 363 g/mol. The molecule has 4 nitrogen and oxygen atoms in total. The van der Waals surface area contributed by atoms with E-state index < -0.39 is 40.4 Å². The lowest BCUT2D eigenvalue weighted by Gasteiger charge is -2.08. The third-order valence-electron chi connectivity index (χ3n) is 3.42. The first-order valence-electron chi connectivity index (χ1n) is 6.84. The zero-order chi connectivity index (χ0) is 18.1. The second-order valence-electron chi connectivity index (χ2n) is 4.94. The van der Waals surface area contributed by atoms with Crippen molar-refractivity contribution in [1.82, 2.24) is 19.7 Å². The number of aromatic nitrogens is 4. The van der Waals surface area contributed by atoms with E-state index in [0.717, 1.165) is 11.8 Å². The van der Waals surface area contributed by atoms with E-state index in [9.17, 15) is 22.0 Å². The lowest BCUT2D eigenvalue weighted by molar-refractivity contribution is 0.372. The molecule has 10 heteroatoms.